The fourth-order valence-electron chi connectivity index (χ4n) is 3.62. The fourth-order valence-corrected chi connectivity index (χ4v) is 3.62. The largest absolute Gasteiger partial charge is 0.481 e. The molecule has 1 aliphatic rings. The van der Waals surface area contributed by atoms with Crippen molar-refractivity contribution in [2.45, 2.75) is 52.1 Å². The Hall–Kier alpha value is -2.67. The molecule has 1 unspecified atom stereocenters. The van der Waals surface area contributed by atoms with Crippen LogP contribution in [0.5, 0.6) is 0 Å². The first-order valence-electron chi connectivity index (χ1n) is 9.58. The van der Waals surface area contributed by atoms with Crippen molar-refractivity contribution in [3.63, 3.8) is 0 Å². The molecule has 7 nitrogen and oxygen atoms in total. The molecule has 28 heavy (non-hydrogen) atoms. The first-order valence-corrected chi connectivity index (χ1v) is 9.58. The fraction of sp³-hybridized carbons (Fsp3) is 0.476. The number of amides is 1. The van der Waals surface area contributed by atoms with Crippen molar-refractivity contribution in [1.29, 1.82) is 0 Å². The molecule has 3 rings (SSSR count). The molecule has 2 aromatic rings. The second-order valence-electron chi connectivity index (χ2n) is 7.59. The summed E-state index contributed by atoms with van der Waals surface area (Å²) in [4.78, 5) is 23.3. The zero-order valence-corrected chi connectivity index (χ0v) is 16.6. The molecule has 0 spiro atoms. The predicted octanol–water partition coefficient (Wildman–Crippen LogP) is 2.81. The van der Waals surface area contributed by atoms with E-state index in [1.165, 1.54) is 0 Å². The summed E-state index contributed by atoms with van der Waals surface area (Å²) >= 11 is 0. The molecule has 150 valence electrons. The zero-order valence-electron chi connectivity index (χ0n) is 16.6. The van der Waals surface area contributed by atoms with Crippen molar-refractivity contribution in [3.05, 3.63) is 46.8 Å². The first kappa shape index (κ1) is 20.1. The minimum absolute atomic E-state index is 0.0785. The molecular weight excluding hydrogens is 358 g/mol. The van der Waals surface area contributed by atoms with Gasteiger partial charge in [0.15, 0.2) is 0 Å². The van der Waals surface area contributed by atoms with E-state index in [0.717, 1.165) is 42.1 Å². The van der Waals surface area contributed by atoms with Crippen molar-refractivity contribution < 1.29 is 19.4 Å². The maximum absolute atomic E-state index is 12.4. The Labute approximate surface area is 164 Å². The molecule has 0 aliphatic carbocycles. The van der Waals surface area contributed by atoms with Gasteiger partial charge in [-0.25, -0.2) is 4.68 Å². The van der Waals surface area contributed by atoms with Crippen molar-refractivity contribution >= 4 is 11.9 Å². The van der Waals surface area contributed by atoms with Crippen molar-refractivity contribution in [1.82, 2.24) is 15.1 Å². The van der Waals surface area contributed by atoms with E-state index in [-0.39, 0.29) is 17.9 Å². The predicted molar refractivity (Wildman–Crippen MR) is 105 cm³/mol. The minimum Gasteiger partial charge on any atom is -0.481 e. The molecule has 1 saturated heterocycles. The number of nitrogens with zero attached hydrogens (tertiary/aromatic N) is 2. The van der Waals surface area contributed by atoms with E-state index in [1.807, 2.05) is 32.9 Å². The number of rotatable bonds is 7. The van der Waals surface area contributed by atoms with Crippen LogP contribution in [0.1, 0.15) is 53.5 Å². The molecule has 2 heterocycles. The Morgan fingerprint density at radius 2 is 2.00 bits per heavy atom. The Balaban J connectivity index is 1.69. The third kappa shape index (κ3) is 4.42. The molecule has 1 aliphatic heterocycles. The average Bonchev–Trinajstić information content (AvgIpc) is 3.22. The quantitative estimate of drug-likeness (QED) is 0.764. The van der Waals surface area contributed by atoms with E-state index in [1.54, 1.807) is 16.8 Å². The van der Waals surface area contributed by atoms with Crippen LogP contribution in [0.15, 0.2) is 24.3 Å². The van der Waals surface area contributed by atoms with Crippen molar-refractivity contribution in [3.8, 4) is 5.69 Å². The number of nitrogens with one attached hydrogen (secondary N) is 1. The van der Waals surface area contributed by atoms with Crippen LogP contribution >= 0.6 is 0 Å². The van der Waals surface area contributed by atoms with E-state index in [9.17, 15) is 9.59 Å². The molecular formula is C21H27N3O4. The normalized spacial score (nSPS) is 19.0. The van der Waals surface area contributed by atoms with Gasteiger partial charge in [0.25, 0.3) is 5.91 Å². The molecule has 1 atom stereocenters. The third-order valence-corrected chi connectivity index (χ3v) is 5.33. The van der Waals surface area contributed by atoms with E-state index in [4.69, 9.17) is 9.84 Å². The highest BCUT2D eigenvalue weighted by atomic mass is 16.5. The molecule has 2 N–H and O–H groups in total. The number of hydrogen-bond acceptors (Lipinski definition) is 4. The molecule has 1 aromatic carbocycles. The average molecular weight is 385 g/mol. The molecule has 0 radical (unpaired) electrons. The number of carboxylic acids is 1. The lowest BCUT2D eigenvalue weighted by Gasteiger charge is -2.23. The summed E-state index contributed by atoms with van der Waals surface area (Å²) in [6, 6.07) is 7.25. The van der Waals surface area contributed by atoms with Gasteiger partial charge in [-0.1, -0.05) is 0 Å². The molecule has 0 saturated carbocycles. The lowest BCUT2D eigenvalue weighted by Crippen LogP contribution is -2.40. The van der Waals surface area contributed by atoms with Gasteiger partial charge in [0, 0.05) is 30.8 Å². The van der Waals surface area contributed by atoms with E-state index < -0.39 is 5.97 Å². The summed E-state index contributed by atoms with van der Waals surface area (Å²) in [6.07, 6.45) is 2.51. The number of carboxylic acid groups (broad SMARTS) is 1. The van der Waals surface area contributed by atoms with Gasteiger partial charge in [-0.15, -0.1) is 0 Å². The molecule has 1 fully saturated rings. The van der Waals surface area contributed by atoms with Gasteiger partial charge in [0.1, 0.15) is 0 Å². The van der Waals surface area contributed by atoms with Crippen LogP contribution in [0.2, 0.25) is 0 Å². The second-order valence-corrected chi connectivity index (χ2v) is 7.59. The number of hydrogen-bond donors (Lipinski definition) is 2. The van der Waals surface area contributed by atoms with Gasteiger partial charge in [-0.3, -0.25) is 9.59 Å². The van der Waals surface area contributed by atoms with Gasteiger partial charge in [0.05, 0.1) is 17.0 Å². The number of aromatic nitrogens is 2. The first-order chi connectivity index (χ1) is 13.3. The third-order valence-electron chi connectivity index (χ3n) is 5.33. The Morgan fingerprint density at radius 3 is 2.61 bits per heavy atom. The summed E-state index contributed by atoms with van der Waals surface area (Å²) in [7, 11) is 0. The van der Waals surface area contributed by atoms with E-state index in [2.05, 4.69) is 10.4 Å². The van der Waals surface area contributed by atoms with E-state index in [0.29, 0.717) is 18.5 Å². The molecule has 1 aromatic heterocycles. The highest BCUT2D eigenvalue weighted by Crippen LogP contribution is 2.24. The minimum atomic E-state index is -0.821. The lowest BCUT2D eigenvalue weighted by molar-refractivity contribution is -0.136. The number of aryl methyl sites for hydroxylation is 1. The van der Waals surface area contributed by atoms with E-state index >= 15 is 0 Å². The Kier molecular flexibility index (Phi) is 5.84. The number of carbonyl (C=O) groups excluding carboxylic acids is 1. The van der Waals surface area contributed by atoms with Crippen LogP contribution in [-0.2, 0) is 16.0 Å². The maximum atomic E-state index is 12.4. The lowest BCUT2D eigenvalue weighted by atomic mass is 10.0. The van der Waals surface area contributed by atoms with Crippen LogP contribution < -0.4 is 5.32 Å². The zero-order chi connectivity index (χ0) is 20.3. The van der Waals surface area contributed by atoms with Gasteiger partial charge >= 0.3 is 5.97 Å². The molecule has 1 amide bonds. The number of ether oxygens (including phenoxy) is 1. The topological polar surface area (TPSA) is 93.5 Å². The van der Waals surface area contributed by atoms with Crippen LogP contribution in [-0.4, -0.2) is 45.5 Å². The number of benzene rings is 1. The summed E-state index contributed by atoms with van der Waals surface area (Å²) in [5.74, 6) is -0.947. The van der Waals surface area contributed by atoms with Gasteiger partial charge in [0.2, 0.25) is 0 Å². The highest BCUT2D eigenvalue weighted by molar-refractivity contribution is 5.94. The van der Waals surface area contributed by atoms with Gasteiger partial charge in [-0.2, -0.15) is 5.10 Å². The maximum Gasteiger partial charge on any atom is 0.303 e. The summed E-state index contributed by atoms with van der Waals surface area (Å²) in [5.41, 5.74) is 3.84. The smallest absolute Gasteiger partial charge is 0.303 e. The second kappa shape index (κ2) is 8.14. The number of aliphatic carboxylic acids is 1. The van der Waals surface area contributed by atoms with Gasteiger partial charge < -0.3 is 15.2 Å². The Bertz CT molecular complexity index is 865. The summed E-state index contributed by atoms with van der Waals surface area (Å²) in [5, 5.41) is 16.4. The highest BCUT2D eigenvalue weighted by Gasteiger charge is 2.30. The van der Waals surface area contributed by atoms with Gasteiger partial charge in [-0.05, 0) is 69.9 Å². The Morgan fingerprint density at radius 1 is 1.29 bits per heavy atom. The standard InChI is InChI=1S/C21H27N3O4/c1-14-18(9-10-19(25)26)15(2)24(23-14)17-7-5-16(6-8-17)20(27)22-13-21(3)11-4-12-28-21/h5-8H,4,9-13H2,1-3H3,(H,22,27)(H,25,26). The van der Waals surface area contributed by atoms with Crippen molar-refractivity contribution in [2.24, 2.45) is 0 Å². The SMILES string of the molecule is Cc1nn(-c2ccc(C(=O)NCC3(C)CCCO3)cc2)c(C)c1CCC(=O)O. The number of carbonyl (C=O) groups is 2. The van der Waals surface area contributed by atoms with Crippen LogP contribution in [0.25, 0.3) is 5.69 Å². The van der Waals surface area contributed by atoms with Crippen LogP contribution in [0.4, 0.5) is 0 Å². The summed E-state index contributed by atoms with van der Waals surface area (Å²) in [6.45, 7) is 7.08. The summed E-state index contributed by atoms with van der Waals surface area (Å²) < 4.78 is 7.50. The van der Waals surface area contributed by atoms with Crippen LogP contribution in [0.3, 0.4) is 0 Å². The van der Waals surface area contributed by atoms with Crippen molar-refractivity contribution in [2.75, 3.05) is 13.2 Å². The monoisotopic (exact) mass is 385 g/mol. The molecule has 0 bridgehead atoms. The molecule has 7 heteroatoms. The van der Waals surface area contributed by atoms with Crippen LogP contribution in [0, 0.1) is 13.8 Å².